The van der Waals surface area contributed by atoms with Gasteiger partial charge in [-0.25, -0.2) is 4.39 Å². The largest absolute Gasteiger partial charge is 0.493 e. The zero-order chi connectivity index (χ0) is 25.4. The number of Topliss-reactive ketones (excluding diaryl/α,β-unsaturated/α-hetero) is 1. The van der Waals surface area contributed by atoms with E-state index in [0.717, 1.165) is 6.26 Å². The van der Waals surface area contributed by atoms with Gasteiger partial charge in [0.25, 0.3) is 0 Å². The molecule has 0 unspecified atom stereocenters. The molecular formula is C22H26FN3O7S. The molecule has 12 heteroatoms. The summed E-state index contributed by atoms with van der Waals surface area (Å²) in [4.78, 5) is 16.2. The number of carbonyl (C=O) groups is 1. The average Bonchev–Trinajstić information content (AvgIpc) is 3.07. The molecule has 0 bridgehead atoms. The summed E-state index contributed by atoms with van der Waals surface area (Å²) in [5.41, 5.74) is 1.07. The fourth-order valence-electron chi connectivity index (χ4n) is 3.69. The molecule has 0 aliphatic carbocycles. The molecule has 0 fully saturated rings. The maximum atomic E-state index is 15.0. The highest BCUT2D eigenvalue weighted by Gasteiger charge is 2.33. The number of ketones is 1. The smallest absolute Gasteiger partial charge is 0.306 e. The molecule has 1 aliphatic rings. The predicted molar refractivity (Wildman–Crippen MR) is 124 cm³/mol. The van der Waals surface area contributed by atoms with Crippen molar-refractivity contribution in [3.63, 3.8) is 0 Å². The average molecular weight is 496 g/mol. The third-order valence-corrected chi connectivity index (χ3v) is 5.70. The second kappa shape index (κ2) is 9.37. The highest BCUT2D eigenvalue weighted by molar-refractivity contribution is 7.86. The Kier molecular flexibility index (Phi) is 6.92. The lowest BCUT2D eigenvalue weighted by molar-refractivity contribution is 0.0962. The van der Waals surface area contributed by atoms with Gasteiger partial charge in [0.2, 0.25) is 5.75 Å². The Labute approximate surface area is 197 Å². The lowest BCUT2D eigenvalue weighted by atomic mass is 10.1. The predicted octanol–water partition coefficient (Wildman–Crippen LogP) is 2.28. The molecule has 3 rings (SSSR count). The van der Waals surface area contributed by atoms with Crippen molar-refractivity contribution in [3.05, 3.63) is 40.7 Å². The standard InChI is InChI=1S/C22H26FN3O7S/c1-25(2)14-7-12(8-16(30-3)20(14)33-34(6,28)29)15(27)11-26-10-13-9-17(31-4)21(32-5)19(23)18(13)22(26)24/h7-9,24H,10-11H2,1-6H3. The van der Waals surface area contributed by atoms with Crippen LogP contribution in [0.1, 0.15) is 21.5 Å². The van der Waals surface area contributed by atoms with Gasteiger partial charge in [-0.1, -0.05) is 0 Å². The molecule has 10 nitrogen and oxygen atoms in total. The minimum absolute atomic E-state index is 0.0471. The number of hydrogen-bond acceptors (Lipinski definition) is 9. The molecule has 1 N–H and O–H groups in total. The normalized spacial score (nSPS) is 12.9. The van der Waals surface area contributed by atoms with Gasteiger partial charge in [-0.2, -0.15) is 8.42 Å². The number of ether oxygens (including phenoxy) is 3. The molecule has 184 valence electrons. The number of benzene rings is 2. The number of amidine groups is 1. The number of nitrogens with one attached hydrogen (secondary N) is 1. The van der Waals surface area contributed by atoms with Crippen LogP contribution >= 0.6 is 0 Å². The Morgan fingerprint density at radius 2 is 1.71 bits per heavy atom. The number of halogens is 1. The first-order valence-corrected chi connectivity index (χ1v) is 11.8. The van der Waals surface area contributed by atoms with E-state index in [1.807, 2.05) is 0 Å². The van der Waals surface area contributed by atoms with Crippen LogP contribution in [0.5, 0.6) is 23.0 Å². The minimum atomic E-state index is -3.86. The molecule has 0 spiro atoms. The van der Waals surface area contributed by atoms with E-state index in [2.05, 4.69) is 0 Å². The van der Waals surface area contributed by atoms with E-state index in [-0.39, 0.29) is 58.8 Å². The summed E-state index contributed by atoms with van der Waals surface area (Å²) in [6, 6.07) is 4.43. The summed E-state index contributed by atoms with van der Waals surface area (Å²) in [6.07, 6.45) is 0.907. The molecule has 0 aromatic heterocycles. The molecule has 1 heterocycles. The van der Waals surface area contributed by atoms with Crippen LogP contribution in [0, 0.1) is 11.2 Å². The first-order chi connectivity index (χ1) is 15.9. The Morgan fingerprint density at radius 1 is 1.09 bits per heavy atom. The summed E-state index contributed by atoms with van der Waals surface area (Å²) < 4.78 is 59.0. The molecule has 0 atom stereocenters. The number of nitrogens with zero attached hydrogens (tertiary/aromatic N) is 2. The van der Waals surface area contributed by atoms with E-state index < -0.39 is 15.9 Å². The fourth-order valence-corrected chi connectivity index (χ4v) is 4.16. The highest BCUT2D eigenvalue weighted by Crippen LogP contribution is 2.40. The van der Waals surface area contributed by atoms with Crippen LogP contribution in [-0.2, 0) is 16.7 Å². The van der Waals surface area contributed by atoms with Gasteiger partial charge in [0, 0.05) is 26.2 Å². The monoisotopic (exact) mass is 495 g/mol. The van der Waals surface area contributed by atoms with Crippen molar-refractivity contribution >= 4 is 27.4 Å². The Bertz CT molecular complexity index is 1260. The molecule has 2 aromatic rings. The van der Waals surface area contributed by atoms with Gasteiger partial charge < -0.3 is 28.2 Å². The first kappa shape index (κ1) is 25.1. The summed E-state index contributed by atoms with van der Waals surface area (Å²) in [7, 11) is 3.49. The zero-order valence-corrected chi connectivity index (χ0v) is 20.5. The topological polar surface area (TPSA) is 118 Å². The van der Waals surface area contributed by atoms with E-state index in [4.69, 9.17) is 23.8 Å². The summed E-state index contributed by atoms with van der Waals surface area (Å²) in [5.74, 6) is -1.17. The maximum absolute atomic E-state index is 15.0. The fraction of sp³-hybridized carbons (Fsp3) is 0.364. The quantitative estimate of drug-likeness (QED) is 0.413. The lowest BCUT2D eigenvalue weighted by Gasteiger charge is -2.21. The third kappa shape index (κ3) is 4.72. The highest BCUT2D eigenvalue weighted by atomic mass is 32.2. The van der Waals surface area contributed by atoms with Crippen molar-refractivity contribution in [1.82, 2.24) is 4.90 Å². The second-order valence-corrected chi connectivity index (χ2v) is 9.37. The first-order valence-electron chi connectivity index (χ1n) is 10.0. The van der Waals surface area contributed by atoms with Crippen molar-refractivity contribution in [3.8, 4) is 23.0 Å². The van der Waals surface area contributed by atoms with Gasteiger partial charge >= 0.3 is 10.1 Å². The number of carbonyl (C=O) groups excluding carboxylic acids is 1. The lowest BCUT2D eigenvalue weighted by Crippen LogP contribution is -2.30. The third-order valence-electron chi connectivity index (χ3n) is 5.24. The van der Waals surface area contributed by atoms with Crippen LogP contribution in [0.25, 0.3) is 0 Å². The van der Waals surface area contributed by atoms with Gasteiger partial charge in [0.05, 0.1) is 45.4 Å². The molecule has 0 amide bonds. The van der Waals surface area contributed by atoms with Crippen molar-refractivity contribution in [2.45, 2.75) is 6.54 Å². The van der Waals surface area contributed by atoms with Crippen molar-refractivity contribution in [2.24, 2.45) is 0 Å². The number of methoxy groups -OCH3 is 3. The van der Waals surface area contributed by atoms with Gasteiger partial charge in [-0.15, -0.1) is 0 Å². The summed E-state index contributed by atoms with van der Waals surface area (Å²) in [5, 5.41) is 8.42. The van der Waals surface area contributed by atoms with E-state index >= 15 is 0 Å². The van der Waals surface area contributed by atoms with Crippen molar-refractivity contribution < 1.29 is 36.0 Å². The Hall–Kier alpha value is -3.54. The zero-order valence-electron chi connectivity index (χ0n) is 19.7. The molecule has 0 radical (unpaired) electrons. The molecule has 0 saturated heterocycles. The maximum Gasteiger partial charge on any atom is 0.306 e. The number of anilines is 1. The SMILES string of the molecule is COc1cc(C(=O)CN2Cc3cc(OC)c(OC)c(F)c3C2=N)cc(N(C)C)c1OS(C)(=O)=O. The van der Waals surface area contributed by atoms with E-state index in [9.17, 15) is 17.6 Å². The number of fused-ring (bicyclic) bond motifs is 1. The second-order valence-electron chi connectivity index (χ2n) is 7.80. The van der Waals surface area contributed by atoms with Crippen LogP contribution in [-0.4, -0.2) is 73.2 Å². The van der Waals surface area contributed by atoms with Gasteiger partial charge in [-0.05, 0) is 23.8 Å². The van der Waals surface area contributed by atoms with Gasteiger partial charge in [-0.3, -0.25) is 10.2 Å². The Balaban J connectivity index is 1.94. The van der Waals surface area contributed by atoms with E-state index in [0.29, 0.717) is 11.3 Å². The van der Waals surface area contributed by atoms with Crippen molar-refractivity contribution in [1.29, 1.82) is 5.41 Å². The molecule has 1 aliphatic heterocycles. The summed E-state index contributed by atoms with van der Waals surface area (Å²) >= 11 is 0. The Morgan fingerprint density at radius 3 is 2.24 bits per heavy atom. The molecule has 34 heavy (non-hydrogen) atoms. The van der Waals surface area contributed by atoms with E-state index in [1.54, 1.807) is 25.1 Å². The molecule has 2 aromatic carbocycles. The molecule has 0 saturated carbocycles. The van der Waals surface area contributed by atoms with Crippen LogP contribution in [0.2, 0.25) is 0 Å². The molecular weight excluding hydrogens is 469 g/mol. The van der Waals surface area contributed by atoms with Gasteiger partial charge in [0.15, 0.2) is 28.8 Å². The van der Waals surface area contributed by atoms with Crippen molar-refractivity contribution in [2.75, 3.05) is 53.1 Å². The summed E-state index contributed by atoms with van der Waals surface area (Å²) in [6.45, 7) is -0.0932. The van der Waals surface area contributed by atoms with Crippen LogP contribution < -0.4 is 23.3 Å². The number of rotatable bonds is 9. The minimum Gasteiger partial charge on any atom is -0.493 e. The van der Waals surface area contributed by atoms with Crippen LogP contribution in [0.4, 0.5) is 10.1 Å². The number of hydrogen-bond donors (Lipinski definition) is 1. The van der Waals surface area contributed by atoms with Crippen LogP contribution in [0.15, 0.2) is 18.2 Å². The van der Waals surface area contributed by atoms with E-state index in [1.165, 1.54) is 38.4 Å². The van der Waals surface area contributed by atoms with Gasteiger partial charge in [0.1, 0.15) is 5.84 Å². The van der Waals surface area contributed by atoms with Crippen LogP contribution in [0.3, 0.4) is 0 Å².